The number of hydrogen-bond donors (Lipinski definition) is 2. The van der Waals surface area contributed by atoms with Crippen molar-refractivity contribution in [2.24, 2.45) is 5.73 Å². The monoisotopic (exact) mass is 300 g/mol. The molecule has 0 spiro atoms. The summed E-state index contributed by atoms with van der Waals surface area (Å²) in [5.74, 6) is 0.125. The molecular formula is C13H24N4O2S. The fourth-order valence-electron chi connectivity index (χ4n) is 2.64. The Bertz CT molecular complexity index is 339. The SMILES string of the molecule is NC(=S)CN1CCN(CC(=O)NC2CCOCC2)CC1. The minimum Gasteiger partial charge on any atom is -0.392 e. The molecule has 0 bridgehead atoms. The summed E-state index contributed by atoms with van der Waals surface area (Å²) in [6.45, 7) is 6.29. The molecule has 114 valence electrons. The van der Waals surface area contributed by atoms with E-state index >= 15 is 0 Å². The number of nitrogens with two attached hydrogens (primary N) is 1. The molecule has 3 N–H and O–H groups in total. The van der Waals surface area contributed by atoms with E-state index in [4.69, 9.17) is 22.7 Å². The molecule has 2 aliphatic heterocycles. The Morgan fingerprint density at radius 2 is 1.70 bits per heavy atom. The van der Waals surface area contributed by atoms with E-state index in [1.807, 2.05) is 0 Å². The molecule has 7 heteroatoms. The van der Waals surface area contributed by atoms with Crippen molar-refractivity contribution in [2.75, 3.05) is 52.5 Å². The maximum absolute atomic E-state index is 12.0. The number of ether oxygens (including phenoxy) is 1. The Kier molecular flexibility index (Phi) is 6.15. The number of nitrogens with zero attached hydrogens (tertiary/aromatic N) is 2. The molecule has 0 atom stereocenters. The van der Waals surface area contributed by atoms with Crippen molar-refractivity contribution in [3.05, 3.63) is 0 Å². The average Bonchev–Trinajstić information content (AvgIpc) is 2.41. The van der Waals surface area contributed by atoms with Crippen LogP contribution in [0, 0.1) is 0 Å². The lowest BCUT2D eigenvalue weighted by Gasteiger charge is -2.34. The van der Waals surface area contributed by atoms with Gasteiger partial charge in [0.05, 0.1) is 11.5 Å². The molecule has 6 nitrogen and oxygen atoms in total. The molecule has 0 saturated carbocycles. The predicted molar refractivity (Wildman–Crippen MR) is 81.6 cm³/mol. The van der Waals surface area contributed by atoms with Gasteiger partial charge >= 0.3 is 0 Å². The first-order valence-electron chi connectivity index (χ1n) is 7.23. The number of thiocarbonyl (C=S) groups is 1. The van der Waals surface area contributed by atoms with Gasteiger partial charge in [-0.15, -0.1) is 0 Å². The van der Waals surface area contributed by atoms with E-state index in [2.05, 4.69) is 15.1 Å². The molecule has 2 rings (SSSR count). The van der Waals surface area contributed by atoms with Gasteiger partial charge in [0.15, 0.2) is 0 Å². The zero-order valence-electron chi connectivity index (χ0n) is 11.8. The number of carbonyl (C=O) groups is 1. The van der Waals surface area contributed by atoms with Gasteiger partial charge in [0, 0.05) is 52.0 Å². The van der Waals surface area contributed by atoms with E-state index < -0.39 is 0 Å². The Morgan fingerprint density at radius 3 is 2.25 bits per heavy atom. The van der Waals surface area contributed by atoms with E-state index in [-0.39, 0.29) is 11.9 Å². The maximum atomic E-state index is 12.0. The molecule has 2 fully saturated rings. The summed E-state index contributed by atoms with van der Waals surface area (Å²) >= 11 is 4.92. The van der Waals surface area contributed by atoms with Gasteiger partial charge in [0.1, 0.15) is 0 Å². The van der Waals surface area contributed by atoms with E-state index in [9.17, 15) is 4.79 Å². The zero-order chi connectivity index (χ0) is 14.4. The van der Waals surface area contributed by atoms with Crippen LogP contribution in [-0.2, 0) is 9.53 Å². The number of hydrogen-bond acceptors (Lipinski definition) is 5. The average molecular weight is 300 g/mol. The summed E-state index contributed by atoms with van der Waals surface area (Å²) in [5.41, 5.74) is 5.54. The van der Waals surface area contributed by atoms with Crippen LogP contribution in [0.5, 0.6) is 0 Å². The first kappa shape index (κ1) is 15.6. The molecule has 0 aliphatic carbocycles. The van der Waals surface area contributed by atoms with E-state index in [0.29, 0.717) is 18.1 Å². The highest BCUT2D eigenvalue weighted by Crippen LogP contribution is 2.06. The maximum Gasteiger partial charge on any atom is 0.234 e. The van der Waals surface area contributed by atoms with Crippen molar-refractivity contribution in [2.45, 2.75) is 18.9 Å². The lowest BCUT2D eigenvalue weighted by Crippen LogP contribution is -2.52. The zero-order valence-corrected chi connectivity index (χ0v) is 12.7. The van der Waals surface area contributed by atoms with E-state index in [0.717, 1.165) is 52.2 Å². The van der Waals surface area contributed by atoms with Crippen LogP contribution in [0.3, 0.4) is 0 Å². The van der Waals surface area contributed by atoms with Crippen LogP contribution in [0.1, 0.15) is 12.8 Å². The topological polar surface area (TPSA) is 70.8 Å². The second kappa shape index (κ2) is 7.87. The highest BCUT2D eigenvalue weighted by molar-refractivity contribution is 7.80. The first-order valence-corrected chi connectivity index (χ1v) is 7.64. The van der Waals surface area contributed by atoms with Crippen LogP contribution in [0.2, 0.25) is 0 Å². The Hall–Kier alpha value is -0.760. The number of piperazine rings is 1. The van der Waals surface area contributed by atoms with Crippen molar-refractivity contribution < 1.29 is 9.53 Å². The minimum absolute atomic E-state index is 0.125. The second-order valence-corrected chi connectivity index (χ2v) is 6.00. The van der Waals surface area contributed by atoms with Gasteiger partial charge in [-0.05, 0) is 12.8 Å². The summed E-state index contributed by atoms with van der Waals surface area (Å²) in [5, 5.41) is 3.09. The number of carbonyl (C=O) groups excluding carboxylic acids is 1. The predicted octanol–water partition coefficient (Wildman–Crippen LogP) is -0.815. The third-order valence-electron chi connectivity index (χ3n) is 3.80. The summed E-state index contributed by atoms with van der Waals surface area (Å²) < 4.78 is 5.29. The van der Waals surface area contributed by atoms with Crippen molar-refractivity contribution in [3.63, 3.8) is 0 Å². The van der Waals surface area contributed by atoms with Crippen molar-refractivity contribution in [3.8, 4) is 0 Å². The van der Waals surface area contributed by atoms with Crippen LogP contribution in [0.4, 0.5) is 0 Å². The molecule has 1 amide bonds. The summed E-state index contributed by atoms with van der Waals surface area (Å²) in [6.07, 6.45) is 1.85. The third-order valence-corrected chi connectivity index (χ3v) is 3.93. The Labute approximate surface area is 125 Å². The number of amides is 1. The van der Waals surface area contributed by atoms with Gasteiger partial charge < -0.3 is 15.8 Å². The van der Waals surface area contributed by atoms with Gasteiger partial charge in [0.2, 0.25) is 5.91 Å². The lowest BCUT2D eigenvalue weighted by atomic mass is 10.1. The fourth-order valence-corrected chi connectivity index (χ4v) is 2.83. The highest BCUT2D eigenvalue weighted by atomic mass is 32.1. The van der Waals surface area contributed by atoms with Gasteiger partial charge in [-0.25, -0.2) is 0 Å². The summed E-state index contributed by atoms with van der Waals surface area (Å²) in [7, 11) is 0. The van der Waals surface area contributed by atoms with Crippen LogP contribution in [-0.4, -0.2) is 79.2 Å². The molecule has 0 unspecified atom stereocenters. The molecule has 0 aromatic carbocycles. The third kappa shape index (κ3) is 5.32. The fraction of sp³-hybridized carbons (Fsp3) is 0.846. The second-order valence-electron chi connectivity index (χ2n) is 5.47. The normalized spacial score (nSPS) is 22.6. The quantitative estimate of drug-likeness (QED) is 0.647. The highest BCUT2D eigenvalue weighted by Gasteiger charge is 2.21. The van der Waals surface area contributed by atoms with Gasteiger partial charge in [-0.1, -0.05) is 12.2 Å². The summed E-state index contributed by atoms with van der Waals surface area (Å²) in [4.78, 5) is 16.9. The van der Waals surface area contributed by atoms with E-state index in [1.165, 1.54) is 0 Å². The van der Waals surface area contributed by atoms with E-state index in [1.54, 1.807) is 0 Å². The molecule has 0 aromatic heterocycles. The molecule has 0 aromatic rings. The summed E-state index contributed by atoms with van der Waals surface area (Å²) in [6, 6.07) is 0.284. The Morgan fingerprint density at radius 1 is 1.15 bits per heavy atom. The van der Waals surface area contributed by atoms with Crippen molar-refractivity contribution >= 4 is 23.1 Å². The van der Waals surface area contributed by atoms with Crippen molar-refractivity contribution in [1.82, 2.24) is 15.1 Å². The van der Waals surface area contributed by atoms with Gasteiger partial charge in [-0.3, -0.25) is 14.6 Å². The van der Waals surface area contributed by atoms with Crippen LogP contribution in [0.15, 0.2) is 0 Å². The van der Waals surface area contributed by atoms with Gasteiger partial charge in [-0.2, -0.15) is 0 Å². The van der Waals surface area contributed by atoms with Gasteiger partial charge in [0.25, 0.3) is 0 Å². The molecule has 2 saturated heterocycles. The smallest absolute Gasteiger partial charge is 0.234 e. The standard InChI is InChI=1S/C13H24N4O2S/c14-12(20)9-16-3-5-17(6-4-16)10-13(18)15-11-1-7-19-8-2-11/h11H,1-10H2,(H2,14,20)(H,15,18). The first-order chi connectivity index (χ1) is 9.63. The largest absolute Gasteiger partial charge is 0.392 e. The lowest BCUT2D eigenvalue weighted by molar-refractivity contribution is -0.123. The molecule has 2 aliphatic rings. The molecule has 20 heavy (non-hydrogen) atoms. The molecule has 2 heterocycles. The molecule has 0 radical (unpaired) electrons. The van der Waals surface area contributed by atoms with Crippen LogP contribution in [0.25, 0.3) is 0 Å². The molecular weight excluding hydrogens is 276 g/mol. The van der Waals surface area contributed by atoms with Crippen LogP contribution < -0.4 is 11.1 Å². The number of nitrogens with one attached hydrogen (secondary N) is 1. The number of rotatable bonds is 5. The minimum atomic E-state index is 0.125. The van der Waals surface area contributed by atoms with Crippen LogP contribution >= 0.6 is 12.2 Å². The van der Waals surface area contributed by atoms with Crippen molar-refractivity contribution in [1.29, 1.82) is 0 Å². The Balaban J connectivity index is 1.64.